The van der Waals surface area contributed by atoms with E-state index in [0.29, 0.717) is 31.0 Å². The zero-order valence-electron chi connectivity index (χ0n) is 21.2. The third-order valence-electron chi connectivity index (χ3n) is 6.15. The molecule has 8 heteroatoms. The fraction of sp³-hybridized carbons (Fsp3) is 0.276. The van der Waals surface area contributed by atoms with Crippen LogP contribution in [0.2, 0.25) is 0 Å². The monoisotopic (exact) mass is 516 g/mol. The highest BCUT2D eigenvalue weighted by molar-refractivity contribution is 7.80. The molecule has 7 nitrogen and oxygen atoms in total. The number of amides is 2. The minimum Gasteiger partial charge on any atom is -0.494 e. The highest BCUT2D eigenvalue weighted by Gasteiger charge is 2.22. The maximum Gasteiger partial charge on any atom is 0.257 e. The van der Waals surface area contributed by atoms with Crippen LogP contribution in [0.5, 0.6) is 5.75 Å². The van der Waals surface area contributed by atoms with Crippen molar-refractivity contribution in [3.05, 3.63) is 89.5 Å². The third kappa shape index (κ3) is 7.07. The van der Waals surface area contributed by atoms with Crippen molar-refractivity contribution in [1.82, 2.24) is 10.2 Å². The average Bonchev–Trinajstić information content (AvgIpc) is 2.92. The zero-order valence-corrected chi connectivity index (χ0v) is 22.0. The van der Waals surface area contributed by atoms with Gasteiger partial charge in [0, 0.05) is 48.7 Å². The molecule has 1 aliphatic rings. The summed E-state index contributed by atoms with van der Waals surface area (Å²) in [5.74, 6) is 0.438. The van der Waals surface area contributed by atoms with Gasteiger partial charge in [-0.05, 0) is 80.2 Å². The first-order chi connectivity index (χ1) is 17.9. The van der Waals surface area contributed by atoms with Crippen LogP contribution in [-0.4, -0.2) is 54.6 Å². The molecule has 3 aromatic rings. The van der Waals surface area contributed by atoms with E-state index in [0.717, 1.165) is 42.0 Å². The number of rotatable bonds is 7. The molecule has 1 fully saturated rings. The van der Waals surface area contributed by atoms with Gasteiger partial charge in [0.2, 0.25) is 0 Å². The third-order valence-corrected chi connectivity index (χ3v) is 6.36. The minimum atomic E-state index is -0.297. The summed E-state index contributed by atoms with van der Waals surface area (Å²) >= 11 is 5.34. The van der Waals surface area contributed by atoms with Crippen LogP contribution in [0.1, 0.15) is 39.6 Å². The molecule has 0 aliphatic carbocycles. The van der Waals surface area contributed by atoms with Crippen LogP contribution in [0.15, 0.2) is 72.8 Å². The van der Waals surface area contributed by atoms with Gasteiger partial charge in [-0.2, -0.15) is 0 Å². The second-order valence-electron chi connectivity index (χ2n) is 8.98. The Bertz CT molecular complexity index is 1240. The molecular weight excluding hydrogens is 484 g/mol. The Morgan fingerprint density at radius 1 is 0.919 bits per heavy atom. The van der Waals surface area contributed by atoms with E-state index >= 15 is 0 Å². The lowest BCUT2D eigenvalue weighted by atomic mass is 10.1. The van der Waals surface area contributed by atoms with Crippen LogP contribution in [0.25, 0.3) is 0 Å². The molecule has 0 radical (unpaired) electrons. The molecule has 192 valence electrons. The van der Waals surface area contributed by atoms with Gasteiger partial charge in [-0.15, -0.1) is 0 Å². The molecule has 0 saturated carbocycles. The lowest BCUT2D eigenvalue weighted by Gasteiger charge is -2.36. The maximum atomic E-state index is 12.8. The summed E-state index contributed by atoms with van der Waals surface area (Å²) in [6.07, 6.45) is 0.896. The van der Waals surface area contributed by atoms with Gasteiger partial charge in [0.05, 0.1) is 6.61 Å². The number of nitrogens with zero attached hydrogens (tertiary/aromatic N) is 2. The number of ether oxygens (including phenoxy) is 1. The molecule has 3 aromatic carbocycles. The van der Waals surface area contributed by atoms with Gasteiger partial charge in [0.1, 0.15) is 5.75 Å². The van der Waals surface area contributed by atoms with E-state index in [1.165, 1.54) is 0 Å². The molecule has 2 N–H and O–H groups in total. The molecule has 0 bridgehead atoms. The van der Waals surface area contributed by atoms with Gasteiger partial charge in [0.15, 0.2) is 5.11 Å². The van der Waals surface area contributed by atoms with Gasteiger partial charge < -0.3 is 19.9 Å². The second-order valence-corrected chi connectivity index (χ2v) is 9.38. The Kier molecular flexibility index (Phi) is 8.74. The molecule has 1 heterocycles. The van der Waals surface area contributed by atoms with Crippen LogP contribution in [0, 0.1) is 6.92 Å². The first kappa shape index (κ1) is 26.2. The number of carbonyl (C=O) groups excluding carboxylic acids is 2. The van der Waals surface area contributed by atoms with Crippen LogP contribution in [0.4, 0.5) is 11.4 Å². The van der Waals surface area contributed by atoms with Crippen LogP contribution in [-0.2, 0) is 0 Å². The molecule has 1 saturated heterocycles. The Labute approximate surface area is 223 Å². The maximum absolute atomic E-state index is 12.8. The molecule has 0 spiro atoms. The van der Waals surface area contributed by atoms with E-state index in [9.17, 15) is 9.59 Å². The fourth-order valence-electron chi connectivity index (χ4n) is 4.09. The van der Waals surface area contributed by atoms with Crippen molar-refractivity contribution in [2.75, 3.05) is 43.0 Å². The first-order valence-electron chi connectivity index (χ1n) is 12.5. The zero-order chi connectivity index (χ0) is 26.2. The van der Waals surface area contributed by atoms with Crippen molar-refractivity contribution in [3.8, 4) is 5.75 Å². The molecule has 2 amide bonds. The standard InChI is InChI=1S/C29H32N4O3S/c1-3-19-36-26-6-4-5-23(20-26)27(34)31-29(37)30-24-11-13-25(14-12-24)32-15-17-33(18-16-32)28(35)22-9-7-21(2)8-10-22/h4-14,20H,3,15-19H2,1-2H3,(H2,30,31,34,37). The predicted octanol–water partition coefficient (Wildman–Crippen LogP) is 4.87. The van der Waals surface area contributed by atoms with E-state index in [1.807, 2.05) is 73.3 Å². The minimum absolute atomic E-state index is 0.0787. The lowest BCUT2D eigenvalue weighted by Crippen LogP contribution is -2.48. The van der Waals surface area contributed by atoms with Gasteiger partial charge in [0.25, 0.3) is 11.8 Å². The van der Waals surface area contributed by atoms with Crippen molar-refractivity contribution in [3.63, 3.8) is 0 Å². The lowest BCUT2D eigenvalue weighted by molar-refractivity contribution is 0.0746. The summed E-state index contributed by atoms with van der Waals surface area (Å²) in [6.45, 7) is 7.52. The van der Waals surface area contributed by atoms with E-state index in [4.69, 9.17) is 17.0 Å². The van der Waals surface area contributed by atoms with E-state index in [1.54, 1.807) is 18.2 Å². The molecular formula is C29H32N4O3S. The van der Waals surface area contributed by atoms with Crippen molar-refractivity contribution < 1.29 is 14.3 Å². The van der Waals surface area contributed by atoms with Gasteiger partial charge >= 0.3 is 0 Å². The number of hydrogen-bond acceptors (Lipinski definition) is 5. The summed E-state index contributed by atoms with van der Waals surface area (Å²) in [5.41, 5.74) is 4.21. The Morgan fingerprint density at radius 2 is 1.62 bits per heavy atom. The van der Waals surface area contributed by atoms with Crippen molar-refractivity contribution >= 4 is 40.5 Å². The molecule has 37 heavy (non-hydrogen) atoms. The number of carbonyl (C=O) groups is 2. The highest BCUT2D eigenvalue weighted by Crippen LogP contribution is 2.21. The van der Waals surface area contributed by atoms with Crippen molar-refractivity contribution in [2.24, 2.45) is 0 Å². The number of hydrogen-bond donors (Lipinski definition) is 2. The van der Waals surface area contributed by atoms with Gasteiger partial charge in [-0.1, -0.05) is 30.7 Å². The Hall–Kier alpha value is -3.91. The summed E-state index contributed by atoms with van der Waals surface area (Å²) in [4.78, 5) is 29.5. The van der Waals surface area contributed by atoms with E-state index < -0.39 is 0 Å². The quantitative estimate of drug-likeness (QED) is 0.437. The number of anilines is 2. The topological polar surface area (TPSA) is 73.9 Å². The number of piperazine rings is 1. The smallest absolute Gasteiger partial charge is 0.257 e. The summed E-state index contributed by atoms with van der Waals surface area (Å²) in [6, 6.07) is 22.6. The van der Waals surface area contributed by atoms with Crippen LogP contribution < -0.4 is 20.3 Å². The fourth-order valence-corrected chi connectivity index (χ4v) is 4.30. The summed E-state index contributed by atoms with van der Waals surface area (Å²) in [5, 5.41) is 6.00. The Balaban J connectivity index is 1.26. The molecule has 0 atom stereocenters. The van der Waals surface area contributed by atoms with Crippen molar-refractivity contribution in [1.29, 1.82) is 0 Å². The van der Waals surface area contributed by atoms with Crippen molar-refractivity contribution in [2.45, 2.75) is 20.3 Å². The summed E-state index contributed by atoms with van der Waals surface area (Å²) < 4.78 is 5.60. The normalized spacial score (nSPS) is 13.1. The second kappa shape index (κ2) is 12.4. The largest absolute Gasteiger partial charge is 0.494 e. The molecule has 0 aromatic heterocycles. The van der Waals surface area contributed by atoms with Gasteiger partial charge in [-0.25, -0.2) is 0 Å². The van der Waals surface area contributed by atoms with E-state index in [-0.39, 0.29) is 16.9 Å². The van der Waals surface area contributed by atoms with Crippen LogP contribution in [0.3, 0.4) is 0 Å². The van der Waals surface area contributed by atoms with E-state index in [2.05, 4.69) is 15.5 Å². The number of aryl methyl sites for hydroxylation is 1. The van der Waals surface area contributed by atoms with Gasteiger partial charge in [-0.3, -0.25) is 14.9 Å². The SMILES string of the molecule is CCCOc1cccc(C(=O)NC(=S)Nc2ccc(N3CCN(C(=O)c4ccc(C)cc4)CC3)cc2)c1. The number of thiocarbonyl (C=S) groups is 1. The Morgan fingerprint density at radius 3 is 2.30 bits per heavy atom. The number of nitrogens with one attached hydrogen (secondary N) is 2. The molecule has 4 rings (SSSR count). The predicted molar refractivity (Wildman–Crippen MR) is 152 cm³/mol. The summed E-state index contributed by atoms with van der Waals surface area (Å²) in [7, 11) is 0. The number of benzene rings is 3. The first-order valence-corrected chi connectivity index (χ1v) is 12.9. The highest BCUT2D eigenvalue weighted by atomic mass is 32.1. The molecule has 1 aliphatic heterocycles. The van der Waals surface area contributed by atoms with Crippen LogP contribution >= 0.6 is 12.2 Å². The molecule has 0 unspecified atom stereocenters. The average molecular weight is 517 g/mol.